The Morgan fingerprint density at radius 2 is 2.08 bits per heavy atom. The summed E-state index contributed by atoms with van der Waals surface area (Å²) in [4.78, 5) is 4.41. The number of hydrogen-bond donors (Lipinski definition) is 0. The molecule has 2 aromatic rings. The van der Waals surface area contributed by atoms with Gasteiger partial charge in [0.1, 0.15) is 0 Å². The highest BCUT2D eigenvalue weighted by atomic mass is 14.9. The standard InChI is InChI=1S/C11H14N2/c1-11(2,3)10-7-9-5-4-6-13(9)8-12-10/h4-8H,1-3H3. The molecule has 0 amide bonds. The van der Waals surface area contributed by atoms with E-state index in [0.717, 1.165) is 5.69 Å². The molecule has 0 aliphatic carbocycles. The predicted octanol–water partition coefficient (Wildman–Crippen LogP) is 2.63. The van der Waals surface area contributed by atoms with Gasteiger partial charge in [-0.2, -0.15) is 0 Å². The summed E-state index contributed by atoms with van der Waals surface area (Å²) in [5.41, 5.74) is 2.48. The van der Waals surface area contributed by atoms with Gasteiger partial charge in [-0.25, -0.2) is 4.98 Å². The third-order valence-electron chi connectivity index (χ3n) is 2.19. The molecule has 0 N–H and O–H groups in total. The van der Waals surface area contributed by atoms with E-state index in [1.54, 1.807) is 0 Å². The summed E-state index contributed by atoms with van der Waals surface area (Å²) < 4.78 is 2.02. The predicted molar refractivity (Wildman–Crippen MR) is 53.9 cm³/mol. The van der Waals surface area contributed by atoms with Crippen molar-refractivity contribution in [2.75, 3.05) is 0 Å². The molecule has 2 rings (SSSR count). The monoisotopic (exact) mass is 174 g/mol. The highest BCUT2D eigenvalue weighted by Crippen LogP contribution is 2.20. The van der Waals surface area contributed by atoms with Crippen LogP contribution in [0.15, 0.2) is 30.7 Å². The minimum Gasteiger partial charge on any atom is -0.308 e. The number of rotatable bonds is 0. The molecule has 0 aliphatic heterocycles. The van der Waals surface area contributed by atoms with E-state index in [2.05, 4.69) is 37.9 Å². The smallest absolute Gasteiger partial charge is 0.0994 e. The average Bonchev–Trinajstić information content (AvgIpc) is 2.47. The van der Waals surface area contributed by atoms with E-state index >= 15 is 0 Å². The van der Waals surface area contributed by atoms with Crippen molar-refractivity contribution in [2.45, 2.75) is 26.2 Å². The summed E-state index contributed by atoms with van der Waals surface area (Å²) in [5, 5.41) is 0. The maximum Gasteiger partial charge on any atom is 0.0994 e. The molecule has 0 radical (unpaired) electrons. The third-order valence-corrected chi connectivity index (χ3v) is 2.19. The van der Waals surface area contributed by atoms with Gasteiger partial charge in [0, 0.05) is 22.8 Å². The second kappa shape index (κ2) is 2.59. The summed E-state index contributed by atoms with van der Waals surface area (Å²) in [5.74, 6) is 0. The largest absolute Gasteiger partial charge is 0.308 e. The van der Waals surface area contributed by atoms with Crippen molar-refractivity contribution in [1.29, 1.82) is 0 Å². The van der Waals surface area contributed by atoms with Gasteiger partial charge in [-0.15, -0.1) is 0 Å². The molecule has 0 atom stereocenters. The fourth-order valence-corrected chi connectivity index (χ4v) is 1.35. The lowest BCUT2D eigenvalue weighted by Gasteiger charge is -2.17. The molecule has 13 heavy (non-hydrogen) atoms. The van der Waals surface area contributed by atoms with E-state index in [-0.39, 0.29) is 5.41 Å². The van der Waals surface area contributed by atoms with E-state index in [1.165, 1.54) is 5.52 Å². The van der Waals surface area contributed by atoms with Crippen LogP contribution in [0.4, 0.5) is 0 Å². The zero-order chi connectivity index (χ0) is 9.47. The third kappa shape index (κ3) is 1.44. The lowest BCUT2D eigenvalue weighted by atomic mass is 9.92. The average molecular weight is 174 g/mol. The highest BCUT2D eigenvalue weighted by Gasteiger charge is 2.15. The number of nitrogens with zero attached hydrogens (tertiary/aromatic N) is 2. The maximum absolute atomic E-state index is 4.41. The first-order valence-corrected chi connectivity index (χ1v) is 4.50. The zero-order valence-electron chi connectivity index (χ0n) is 8.28. The molecule has 0 unspecified atom stereocenters. The van der Waals surface area contributed by atoms with E-state index < -0.39 is 0 Å². The highest BCUT2D eigenvalue weighted by molar-refractivity contribution is 5.48. The zero-order valence-corrected chi connectivity index (χ0v) is 8.28. The van der Waals surface area contributed by atoms with Crippen molar-refractivity contribution < 1.29 is 0 Å². The number of fused-ring (bicyclic) bond motifs is 1. The van der Waals surface area contributed by atoms with Crippen LogP contribution in [0, 0.1) is 0 Å². The lowest BCUT2D eigenvalue weighted by molar-refractivity contribution is 0.567. The van der Waals surface area contributed by atoms with Crippen LogP contribution in [0.25, 0.3) is 5.52 Å². The second-order valence-corrected chi connectivity index (χ2v) is 4.36. The molecule has 2 heteroatoms. The van der Waals surface area contributed by atoms with Crippen molar-refractivity contribution >= 4 is 5.52 Å². The Bertz CT molecular complexity index is 421. The first-order valence-electron chi connectivity index (χ1n) is 4.50. The quantitative estimate of drug-likeness (QED) is 0.600. The molecule has 0 bridgehead atoms. The van der Waals surface area contributed by atoms with Crippen LogP contribution in [-0.2, 0) is 5.41 Å². The first-order chi connectivity index (χ1) is 6.07. The Kier molecular flexibility index (Phi) is 1.65. The van der Waals surface area contributed by atoms with Crippen LogP contribution in [0.1, 0.15) is 26.5 Å². The van der Waals surface area contributed by atoms with Gasteiger partial charge < -0.3 is 4.40 Å². The van der Waals surface area contributed by atoms with Crippen LogP contribution in [0.2, 0.25) is 0 Å². The van der Waals surface area contributed by atoms with Gasteiger partial charge >= 0.3 is 0 Å². The minimum atomic E-state index is 0.131. The van der Waals surface area contributed by atoms with Gasteiger partial charge in [0.2, 0.25) is 0 Å². The van der Waals surface area contributed by atoms with Gasteiger partial charge in [0.25, 0.3) is 0 Å². The van der Waals surface area contributed by atoms with E-state index in [9.17, 15) is 0 Å². The minimum absolute atomic E-state index is 0.131. The molecule has 0 spiro atoms. The SMILES string of the molecule is CC(C)(C)c1cc2cccn2cn1. The molecule has 0 fully saturated rings. The summed E-state index contributed by atoms with van der Waals surface area (Å²) >= 11 is 0. The maximum atomic E-state index is 4.41. The van der Waals surface area contributed by atoms with Crippen LogP contribution in [-0.4, -0.2) is 9.38 Å². The van der Waals surface area contributed by atoms with Crippen LogP contribution in [0.5, 0.6) is 0 Å². The summed E-state index contributed by atoms with van der Waals surface area (Å²) in [6.07, 6.45) is 3.88. The van der Waals surface area contributed by atoms with E-state index in [4.69, 9.17) is 0 Å². The fraction of sp³-hybridized carbons (Fsp3) is 0.364. The van der Waals surface area contributed by atoms with Crippen LogP contribution < -0.4 is 0 Å². The van der Waals surface area contributed by atoms with Crippen molar-refractivity contribution in [2.24, 2.45) is 0 Å². The van der Waals surface area contributed by atoms with Gasteiger partial charge in [0.05, 0.1) is 6.33 Å². The fourth-order valence-electron chi connectivity index (χ4n) is 1.35. The topological polar surface area (TPSA) is 17.3 Å². The second-order valence-electron chi connectivity index (χ2n) is 4.36. The molecular formula is C11H14N2. The molecule has 0 saturated heterocycles. The normalized spacial score (nSPS) is 12.2. The Morgan fingerprint density at radius 1 is 1.31 bits per heavy atom. The molecule has 0 saturated carbocycles. The Hall–Kier alpha value is -1.31. The summed E-state index contributed by atoms with van der Waals surface area (Å²) in [6, 6.07) is 6.26. The molecule has 0 aliphatic rings. The molecule has 2 aromatic heterocycles. The van der Waals surface area contributed by atoms with Gasteiger partial charge in [-0.3, -0.25) is 0 Å². The molecule has 0 aromatic carbocycles. The molecule has 68 valence electrons. The number of aromatic nitrogens is 2. The first kappa shape index (κ1) is 8.30. The van der Waals surface area contributed by atoms with Crippen molar-refractivity contribution in [3.8, 4) is 0 Å². The van der Waals surface area contributed by atoms with E-state index in [0.29, 0.717) is 0 Å². The number of hydrogen-bond acceptors (Lipinski definition) is 1. The lowest BCUT2D eigenvalue weighted by Crippen LogP contribution is -2.13. The summed E-state index contributed by atoms with van der Waals surface area (Å²) in [6.45, 7) is 6.53. The van der Waals surface area contributed by atoms with Crippen molar-refractivity contribution in [3.63, 3.8) is 0 Å². The Morgan fingerprint density at radius 3 is 2.77 bits per heavy atom. The van der Waals surface area contributed by atoms with Crippen molar-refractivity contribution in [1.82, 2.24) is 9.38 Å². The van der Waals surface area contributed by atoms with Crippen LogP contribution >= 0.6 is 0 Å². The molecule has 2 heterocycles. The van der Waals surface area contributed by atoms with Crippen molar-refractivity contribution in [3.05, 3.63) is 36.4 Å². The van der Waals surface area contributed by atoms with E-state index in [1.807, 2.05) is 23.0 Å². The van der Waals surface area contributed by atoms with Gasteiger partial charge in [-0.05, 0) is 18.2 Å². The molecule has 2 nitrogen and oxygen atoms in total. The molecular weight excluding hydrogens is 160 g/mol. The van der Waals surface area contributed by atoms with Crippen LogP contribution in [0.3, 0.4) is 0 Å². The Labute approximate surface area is 78.2 Å². The Balaban J connectivity index is 2.61. The van der Waals surface area contributed by atoms with Gasteiger partial charge in [-0.1, -0.05) is 20.8 Å². The summed E-state index contributed by atoms with van der Waals surface area (Å²) in [7, 11) is 0. The van der Waals surface area contributed by atoms with Gasteiger partial charge in [0.15, 0.2) is 0 Å².